The molecule has 11 atom stereocenters. The molecular weight excluding hydrogens is 1070 g/mol. The maximum absolute atomic E-state index is 14.7. The van der Waals surface area contributed by atoms with Crippen LogP contribution in [-0.2, 0) is 47.9 Å². The SMILES string of the molecule is CC[C@H](C)[C@@H]([C@@H](CC(=O)N1CCC[C@H]1[C@H](OC)[C@@H](C)C(=O)N[C@@]1(C(=O)N2CCCCO2)C[C@@H]1c1ccccc1)OC)N(C)C(=O)[C@@H](NC(=O)[C@H](C(C)C)N(C)CCCCCCN1C(=O)CC([IH][CH2][AlH])C1=O)C(C)C. The monoisotopic (exact) mass is 1160 g/mol. The van der Waals surface area contributed by atoms with Gasteiger partial charge in [0.05, 0.1) is 43.2 Å². The summed E-state index contributed by atoms with van der Waals surface area (Å²) < 4.78 is 13.3. The molecule has 1 aliphatic carbocycles. The molecule has 17 nitrogen and oxygen atoms in total. The Labute approximate surface area is 460 Å². The van der Waals surface area contributed by atoms with Gasteiger partial charge in [0, 0.05) is 40.3 Å². The van der Waals surface area contributed by atoms with Crippen molar-refractivity contribution < 1.29 is 47.9 Å². The fourth-order valence-corrected chi connectivity index (χ4v) is 15.9. The summed E-state index contributed by atoms with van der Waals surface area (Å²) >= 11 is 1.43. The van der Waals surface area contributed by atoms with E-state index in [4.69, 9.17) is 14.3 Å². The molecule has 1 radical (unpaired) electrons. The first-order chi connectivity index (χ1) is 35.3. The van der Waals surface area contributed by atoms with Crippen molar-refractivity contribution in [2.24, 2.45) is 23.7 Å². The molecule has 3 heterocycles. The Bertz CT molecular complexity index is 2050. The molecule has 19 heteroatoms. The minimum Gasteiger partial charge on any atom is -0.0603 e. The number of alkyl halides is 2. The van der Waals surface area contributed by atoms with Crippen LogP contribution in [0.5, 0.6) is 0 Å². The van der Waals surface area contributed by atoms with Crippen molar-refractivity contribution >= 4 is 78.8 Å². The first-order valence-corrected chi connectivity index (χ1v) is 31.5. The summed E-state index contributed by atoms with van der Waals surface area (Å²) in [7, 11) is 6.80. The number of hydrogen-bond donors (Lipinski definition) is 2. The molecule has 415 valence electrons. The quantitative estimate of drug-likeness (QED) is 0.0367. The summed E-state index contributed by atoms with van der Waals surface area (Å²) in [6, 6.07) is 7.49. The average Bonchev–Trinajstić information content (AvgIpc) is 3.78. The van der Waals surface area contributed by atoms with Crippen molar-refractivity contribution in [3.8, 4) is 0 Å². The third-order valence-corrected chi connectivity index (χ3v) is 20.6. The zero-order chi connectivity index (χ0) is 54.4. The van der Waals surface area contributed by atoms with E-state index in [-0.39, 0.29) is 75.4 Å². The number of halogens is 1. The fraction of sp³-hybridized carbons (Fsp3) is 0.764. The van der Waals surface area contributed by atoms with Gasteiger partial charge in [-0.05, 0) is 49.5 Å². The smallest absolute Gasteiger partial charge is 0.0176 e. The Kier molecular flexibility index (Phi) is 24.1. The number of likely N-dealkylation sites (N-methyl/N-ethyl adjacent to an activating group) is 2. The van der Waals surface area contributed by atoms with Gasteiger partial charge >= 0.3 is 146 Å². The number of carbonyl (C=O) groups excluding carboxylic acids is 7. The van der Waals surface area contributed by atoms with E-state index in [2.05, 4.69) is 15.5 Å². The van der Waals surface area contributed by atoms with Crippen LogP contribution in [0.3, 0.4) is 0 Å². The predicted molar refractivity (Wildman–Crippen MR) is 297 cm³/mol. The molecule has 4 fully saturated rings. The number of likely N-dealkylation sites (tertiary alicyclic amines) is 2. The number of carbonyl (C=O) groups is 7. The summed E-state index contributed by atoms with van der Waals surface area (Å²) in [5.41, 5.74) is -0.183. The van der Waals surface area contributed by atoms with Crippen LogP contribution in [0.15, 0.2) is 30.3 Å². The first kappa shape index (κ1) is 61.7. The predicted octanol–water partition coefficient (Wildman–Crippen LogP) is 4.85. The molecule has 3 saturated heterocycles. The molecule has 1 unspecified atom stereocenters. The molecule has 3 aliphatic heterocycles. The van der Waals surface area contributed by atoms with Gasteiger partial charge < -0.3 is 29.9 Å². The van der Waals surface area contributed by atoms with Gasteiger partial charge in [0.2, 0.25) is 17.7 Å². The third kappa shape index (κ3) is 15.1. The molecule has 5 rings (SSSR count). The Morgan fingerprint density at radius 1 is 0.905 bits per heavy atom. The van der Waals surface area contributed by atoms with E-state index >= 15 is 0 Å². The van der Waals surface area contributed by atoms with Crippen LogP contribution in [0.2, 0.25) is 0 Å². The van der Waals surface area contributed by atoms with Gasteiger partial charge in [-0.3, -0.25) is 28.8 Å². The minimum absolute atomic E-state index is 0.0166. The average molecular weight is 1160 g/mol. The summed E-state index contributed by atoms with van der Waals surface area (Å²) in [5.74, 6) is -2.51. The Morgan fingerprint density at radius 2 is 1.61 bits per heavy atom. The number of hydroxylamine groups is 2. The zero-order valence-electron chi connectivity index (χ0n) is 46.5. The number of unbranched alkanes of at least 4 members (excludes halogenated alkanes) is 3. The number of hydrogen-bond acceptors (Lipinski definition) is 11. The number of amides is 7. The fourth-order valence-electron chi connectivity index (χ4n) is 11.7. The maximum Gasteiger partial charge on any atom is -0.0176 e. The summed E-state index contributed by atoms with van der Waals surface area (Å²) in [4.78, 5) is 110. The number of imide groups is 1. The van der Waals surface area contributed by atoms with Gasteiger partial charge in [-0.15, -0.1) is 0 Å². The van der Waals surface area contributed by atoms with E-state index in [0.29, 0.717) is 64.9 Å². The van der Waals surface area contributed by atoms with E-state index in [1.165, 1.54) is 9.96 Å². The van der Waals surface area contributed by atoms with Crippen molar-refractivity contribution in [2.75, 3.05) is 64.4 Å². The molecule has 7 amide bonds. The third-order valence-electron chi connectivity index (χ3n) is 16.1. The van der Waals surface area contributed by atoms with Gasteiger partial charge in [0.25, 0.3) is 5.91 Å². The largest absolute Gasteiger partial charge is 0.0603 e. The number of nitrogens with one attached hydrogen (secondary N) is 2. The normalized spacial score (nSPS) is 24.0. The van der Waals surface area contributed by atoms with E-state index in [1.54, 1.807) is 38.0 Å². The number of methoxy groups -OCH3 is 2. The minimum atomic E-state index is -1.15. The van der Waals surface area contributed by atoms with E-state index in [1.807, 2.05) is 95.2 Å². The standard InChI is InChI=1S/C55H89IN7O10.Al.H/c1-13-37(6)48(60(10)53(69)46(35(2)3)57-51(67)47(36(4)5)59(9)27-19-14-15-20-28-62-44(64)32-41(56-8)52(62)68)43(71-11)33-45(65)61-29-23-26-42(61)49(72-12)38(7)50(66)58-55(54(70)63-30-21-22-31-73-63)34-40(55)39-24-17-16-18-25-39;;/h16-18,24-25,35-38,40-43,46-49,56H,8,13-15,19-23,26-34H2,1-7,9-12H3,(H,57,67)(H,58,66);;/t37-,38+,40+,41?,42-,43+,46-,47-,48-,49+,55-;;/m0../s1. The van der Waals surface area contributed by atoms with Crippen LogP contribution in [0, 0.1) is 23.7 Å². The molecule has 0 aromatic heterocycles. The number of benzene rings is 1. The Morgan fingerprint density at radius 3 is 2.22 bits per heavy atom. The van der Waals surface area contributed by atoms with E-state index in [0.717, 1.165) is 47.4 Å². The zero-order valence-corrected chi connectivity index (χ0v) is 50.2. The van der Waals surface area contributed by atoms with E-state index in [9.17, 15) is 33.6 Å². The molecule has 74 heavy (non-hydrogen) atoms. The van der Waals surface area contributed by atoms with Crippen molar-refractivity contribution in [2.45, 2.75) is 177 Å². The molecule has 1 aromatic rings. The number of ether oxygens (including phenoxy) is 2. The van der Waals surface area contributed by atoms with Crippen LogP contribution in [-0.4, -0.2) is 193 Å². The Balaban J connectivity index is 1.21. The maximum atomic E-state index is 14.7. The number of rotatable bonds is 29. The second-order valence-electron chi connectivity index (χ2n) is 21.9. The van der Waals surface area contributed by atoms with Gasteiger partial charge in [-0.1, -0.05) is 85.2 Å². The molecular formula is C55H90AlIN7O10. The van der Waals surface area contributed by atoms with Crippen molar-refractivity contribution in [3.63, 3.8) is 0 Å². The van der Waals surface area contributed by atoms with Gasteiger partial charge in [-0.25, -0.2) is 5.06 Å². The summed E-state index contributed by atoms with van der Waals surface area (Å²) in [6.45, 7) is 16.3. The summed E-state index contributed by atoms with van der Waals surface area (Å²) in [6.07, 6.45) is 6.58. The number of nitrogens with zero attached hydrogens (tertiary/aromatic N) is 5. The summed E-state index contributed by atoms with van der Waals surface area (Å²) in [5, 5.41) is 7.73. The van der Waals surface area contributed by atoms with Crippen LogP contribution >= 0.6 is 21.2 Å². The van der Waals surface area contributed by atoms with Crippen molar-refractivity contribution in [3.05, 3.63) is 35.9 Å². The molecule has 2 N–H and O–H groups in total. The topological polar surface area (TPSA) is 187 Å². The Hall–Kier alpha value is -3.19. The van der Waals surface area contributed by atoms with Gasteiger partial charge in [0.15, 0.2) is 0 Å². The molecule has 1 aromatic carbocycles. The van der Waals surface area contributed by atoms with Crippen LogP contribution in [0.4, 0.5) is 0 Å². The van der Waals surface area contributed by atoms with Crippen LogP contribution < -0.4 is 10.6 Å². The van der Waals surface area contributed by atoms with Gasteiger partial charge in [-0.2, -0.15) is 0 Å². The second kappa shape index (κ2) is 29.0. The molecule has 0 spiro atoms. The van der Waals surface area contributed by atoms with Gasteiger partial charge in [0.1, 0.15) is 11.6 Å². The van der Waals surface area contributed by atoms with E-state index < -0.39 is 69.0 Å². The molecule has 4 aliphatic rings. The first-order valence-electron chi connectivity index (χ1n) is 27.5. The van der Waals surface area contributed by atoms with Crippen LogP contribution in [0.1, 0.15) is 137 Å². The van der Waals surface area contributed by atoms with Crippen molar-refractivity contribution in [1.29, 1.82) is 0 Å². The van der Waals surface area contributed by atoms with Crippen LogP contribution in [0.25, 0.3) is 0 Å². The molecule has 1 saturated carbocycles. The second-order valence-corrected chi connectivity index (χ2v) is 28.4. The molecule has 0 bridgehead atoms. The van der Waals surface area contributed by atoms with Crippen molar-refractivity contribution in [1.82, 2.24) is 35.3 Å².